The molecule has 3 N–H and O–H groups in total. The molecule has 3 heteroatoms. The summed E-state index contributed by atoms with van der Waals surface area (Å²) >= 11 is 2.30. The van der Waals surface area contributed by atoms with Gasteiger partial charge in [-0.2, -0.15) is 0 Å². The third kappa shape index (κ3) is 2.01. The fourth-order valence-electron chi connectivity index (χ4n) is 1.44. The Balaban J connectivity index is 1.97. The van der Waals surface area contributed by atoms with Crippen molar-refractivity contribution < 1.29 is 0 Å². The number of hydrogen-bond acceptors (Lipinski definition) is 1. The van der Waals surface area contributed by atoms with Crippen LogP contribution in [0.25, 0.3) is 0 Å². The molecule has 1 aromatic heterocycles. The predicted octanol–water partition coefficient (Wildman–Crippen LogP) is 2.42. The van der Waals surface area contributed by atoms with Crippen LogP contribution in [0.4, 0.5) is 0 Å². The molecule has 1 atom stereocenters. The molecule has 2 rings (SSSR count). The summed E-state index contributed by atoms with van der Waals surface area (Å²) in [4.78, 5) is 3.21. The van der Waals surface area contributed by atoms with Crippen LogP contribution >= 0.6 is 22.6 Å². The first-order valence-electron chi connectivity index (χ1n) is 4.35. The molecule has 1 aromatic rings. The number of nitrogens with one attached hydrogen (secondary N) is 1. The highest BCUT2D eigenvalue weighted by Crippen LogP contribution is 2.36. The third-order valence-corrected chi connectivity index (χ3v) is 2.98. The second-order valence-corrected chi connectivity index (χ2v) is 4.80. The number of hydrogen-bond donors (Lipinski definition) is 2. The molecule has 0 radical (unpaired) electrons. The smallest absolute Gasteiger partial charge is 0.0450 e. The highest BCUT2D eigenvalue weighted by molar-refractivity contribution is 14.1. The van der Waals surface area contributed by atoms with Crippen molar-refractivity contribution in [3.63, 3.8) is 0 Å². The fraction of sp³-hybridized carbons (Fsp3) is 0.556. The average Bonchev–Trinajstić information content (AvgIpc) is 2.72. The normalized spacial score (nSPS) is 19.5. The van der Waals surface area contributed by atoms with Crippen LogP contribution in [0.3, 0.4) is 0 Å². The van der Waals surface area contributed by atoms with Gasteiger partial charge in [0.05, 0.1) is 0 Å². The Hall–Kier alpha value is -0.0300. The van der Waals surface area contributed by atoms with Crippen molar-refractivity contribution in [2.24, 2.45) is 11.7 Å². The highest BCUT2D eigenvalue weighted by atomic mass is 127. The lowest BCUT2D eigenvalue weighted by Gasteiger charge is -2.07. The molecule has 1 saturated carbocycles. The standard InChI is InChI=1S/C9H13IN2/c10-7-4-9(12-5-7)8(11)3-6-1-2-6/h4-6,8,12H,1-3,11H2. The zero-order valence-electron chi connectivity index (χ0n) is 6.89. The van der Waals surface area contributed by atoms with Crippen molar-refractivity contribution in [2.75, 3.05) is 0 Å². The zero-order chi connectivity index (χ0) is 8.55. The van der Waals surface area contributed by atoms with Gasteiger partial charge >= 0.3 is 0 Å². The van der Waals surface area contributed by atoms with E-state index in [0.29, 0.717) is 0 Å². The van der Waals surface area contributed by atoms with Crippen LogP contribution in [0.5, 0.6) is 0 Å². The number of aromatic amines is 1. The second kappa shape index (κ2) is 3.38. The van der Waals surface area contributed by atoms with Crippen molar-refractivity contribution in [3.05, 3.63) is 21.5 Å². The Kier molecular flexibility index (Phi) is 2.41. The van der Waals surface area contributed by atoms with Crippen molar-refractivity contribution in [3.8, 4) is 0 Å². The molecule has 0 spiro atoms. The number of aromatic nitrogens is 1. The van der Waals surface area contributed by atoms with Gasteiger partial charge < -0.3 is 10.7 Å². The molecule has 1 unspecified atom stereocenters. The van der Waals surface area contributed by atoms with Crippen molar-refractivity contribution in [1.82, 2.24) is 4.98 Å². The van der Waals surface area contributed by atoms with Gasteiger partial charge in [-0.1, -0.05) is 12.8 Å². The molecular weight excluding hydrogens is 263 g/mol. The molecule has 1 aliphatic carbocycles. The molecule has 66 valence electrons. The van der Waals surface area contributed by atoms with Crippen LogP contribution in [0.2, 0.25) is 0 Å². The largest absolute Gasteiger partial charge is 0.363 e. The summed E-state index contributed by atoms with van der Waals surface area (Å²) in [5, 5.41) is 0. The monoisotopic (exact) mass is 276 g/mol. The lowest BCUT2D eigenvalue weighted by molar-refractivity contribution is 0.586. The van der Waals surface area contributed by atoms with Crippen LogP contribution in [-0.4, -0.2) is 4.98 Å². The lowest BCUT2D eigenvalue weighted by atomic mass is 10.1. The number of halogens is 1. The molecule has 12 heavy (non-hydrogen) atoms. The molecule has 0 saturated heterocycles. The fourth-order valence-corrected chi connectivity index (χ4v) is 1.93. The van der Waals surface area contributed by atoms with E-state index in [1.54, 1.807) is 0 Å². The van der Waals surface area contributed by atoms with E-state index in [0.717, 1.165) is 12.3 Å². The zero-order valence-corrected chi connectivity index (χ0v) is 9.04. The minimum Gasteiger partial charge on any atom is -0.363 e. The van der Waals surface area contributed by atoms with E-state index in [1.165, 1.54) is 22.1 Å². The minimum atomic E-state index is 0.223. The Morgan fingerprint density at radius 3 is 2.92 bits per heavy atom. The molecule has 1 heterocycles. The number of H-pyrrole nitrogens is 1. The van der Waals surface area contributed by atoms with Gasteiger partial charge in [-0.25, -0.2) is 0 Å². The second-order valence-electron chi connectivity index (χ2n) is 3.56. The van der Waals surface area contributed by atoms with E-state index in [9.17, 15) is 0 Å². The maximum Gasteiger partial charge on any atom is 0.0450 e. The maximum absolute atomic E-state index is 6.01. The first kappa shape index (κ1) is 8.56. The van der Waals surface area contributed by atoms with Crippen LogP contribution < -0.4 is 5.73 Å². The number of rotatable bonds is 3. The van der Waals surface area contributed by atoms with Crippen LogP contribution in [-0.2, 0) is 0 Å². The van der Waals surface area contributed by atoms with Gasteiger partial charge in [0.15, 0.2) is 0 Å². The van der Waals surface area contributed by atoms with Crippen LogP contribution in [0.1, 0.15) is 31.0 Å². The molecule has 2 nitrogen and oxygen atoms in total. The van der Waals surface area contributed by atoms with Gasteiger partial charge in [0, 0.05) is 21.5 Å². The summed E-state index contributed by atoms with van der Waals surface area (Å²) in [6.45, 7) is 0. The van der Waals surface area contributed by atoms with Crippen LogP contribution in [0, 0.1) is 9.49 Å². The SMILES string of the molecule is NC(CC1CC1)c1cc(I)c[nH]1. The minimum absolute atomic E-state index is 0.223. The lowest BCUT2D eigenvalue weighted by Crippen LogP contribution is -2.11. The van der Waals surface area contributed by atoms with Gasteiger partial charge in [-0.3, -0.25) is 0 Å². The Labute approximate surface area is 86.1 Å². The molecule has 1 fully saturated rings. The maximum atomic E-state index is 6.01. The third-order valence-electron chi connectivity index (χ3n) is 2.35. The van der Waals surface area contributed by atoms with Gasteiger partial charge in [0.1, 0.15) is 0 Å². The van der Waals surface area contributed by atoms with Crippen molar-refractivity contribution in [1.29, 1.82) is 0 Å². The van der Waals surface area contributed by atoms with E-state index in [2.05, 4.69) is 33.6 Å². The molecule has 0 amide bonds. The summed E-state index contributed by atoms with van der Waals surface area (Å²) < 4.78 is 1.24. The summed E-state index contributed by atoms with van der Waals surface area (Å²) in [6.07, 6.45) is 5.91. The van der Waals surface area contributed by atoms with Crippen molar-refractivity contribution >= 4 is 22.6 Å². The molecule has 0 aromatic carbocycles. The molecule has 0 bridgehead atoms. The van der Waals surface area contributed by atoms with Gasteiger partial charge in [0.25, 0.3) is 0 Å². The summed E-state index contributed by atoms with van der Waals surface area (Å²) in [6, 6.07) is 2.36. The van der Waals surface area contributed by atoms with Crippen LogP contribution in [0.15, 0.2) is 12.3 Å². The van der Waals surface area contributed by atoms with E-state index in [-0.39, 0.29) is 6.04 Å². The topological polar surface area (TPSA) is 41.8 Å². The molecule has 1 aliphatic rings. The van der Waals surface area contributed by atoms with E-state index < -0.39 is 0 Å². The quantitative estimate of drug-likeness (QED) is 0.818. The van der Waals surface area contributed by atoms with Gasteiger partial charge in [-0.05, 0) is 41.0 Å². The first-order chi connectivity index (χ1) is 5.75. The summed E-state index contributed by atoms with van der Waals surface area (Å²) in [5.41, 5.74) is 7.20. The van der Waals surface area contributed by atoms with E-state index in [1.807, 2.05) is 6.20 Å². The Bertz CT molecular complexity index is 265. The highest BCUT2D eigenvalue weighted by Gasteiger charge is 2.24. The Morgan fingerprint density at radius 2 is 2.42 bits per heavy atom. The van der Waals surface area contributed by atoms with Gasteiger partial charge in [0.2, 0.25) is 0 Å². The average molecular weight is 276 g/mol. The predicted molar refractivity (Wildman–Crippen MR) is 57.8 cm³/mol. The van der Waals surface area contributed by atoms with Gasteiger partial charge in [-0.15, -0.1) is 0 Å². The summed E-state index contributed by atoms with van der Waals surface area (Å²) in [7, 11) is 0. The first-order valence-corrected chi connectivity index (χ1v) is 5.43. The Morgan fingerprint density at radius 1 is 1.67 bits per heavy atom. The summed E-state index contributed by atoms with van der Waals surface area (Å²) in [5.74, 6) is 0.904. The van der Waals surface area contributed by atoms with Crippen molar-refractivity contribution in [2.45, 2.75) is 25.3 Å². The number of nitrogens with two attached hydrogens (primary N) is 1. The van der Waals surface area contributed by atoms with E-state index in [4.69, 9.17) is 5.73 Å². The molecular formula is C9H13IN2. The molecule has 0 aliphatic heterocycles. The van der Waals surface area contributed by atoms with E-state index >= 15 is 0 Å².